The Morgan fingerprint density at radius 2 is 2.09 bits per heavy atom. The first-order chi connectivity index (χ1) is 11.3. The fourth-order valence-corrected chi connectivity index (χ4v) is 3.34. The maximum Gasteiger partial charge on any atom is 0.257 e. The Labute approximate surface area is 137 Å². The SMILES string of the molecule is C[C@H]1CCN(Cc2ccc([C@H]3COc4cccnc4O3)cc2)C1. The number of hydrogen-bond donors (Lipinski definition) is 0. The summed E-state index contributed by atoms with van der Waals surface area (Å²) in [6, 6.07) is 12.5. The highest BCUT2D eigenvalue weighted by Gasteiger charge is 2.23. The van der Waals surface area contributed by atoms with E-state index in [0.717, 1.165) is 23.8 Å². The molecule has 0 saturated carbocycles. The smallest absolute Gasteiger partial charge is 0.257 e. The van der Waals surface area contributed by atoms with E-state index in [0.29, 0.717) is 12.5 Å². The topological polar surface area (TPSA) is 34.6 Å². The van der Waals surface area contributed by atoms with Crippen molar-refractivity contribution in [1.82, 2.24) is 9.88 Å². The van der Waals surface area contributed by atoms with Crippen LogP contribution in [0.4, 0.5) is 0 Å². The van der Waals surface area contributed by atoms with Crippen molar-refractivity contribution in [1.29, 1.82) is 0 Å². The van der Waals surface area contributed by atoms with E-state index >= 15 is 0 Å². The Kier molecular flexibility index (Phi) is 3.92. The first kappa shape index (κ1) is 14.5. The van der Waals surface area contributed by atoms with E-state index in [4.69, 9.17) is 9.47 Å². The van der Waals surface area contributed by atoms with E-state index in [-0.39, 0.29) is 6.10 Å². The number of hydrogen-bond acceptors (Lipinski definition) is 4. The van der Waals surface area contributed by atoms with Gasteiger partial charge in [-0.25, -0.2) is 4.98 Å². The molecule has 2 atom stereocenters. The lowest BCUT2D eigenvalue weighted by Gasteiger charge is -2.25. The Morgan fingerprint density at radius 3 is 2.87 bits per heavy atom. The quantitative estimate of drug-likeness (QED) is 0.870. The number of ether oxygens (including phenoxy) is 2. The van der Waals surface area contributed by atoms with Gasteiger partial charge in [-0.3, -0.25) is 4.90 Å². The van der Waals surface area contributed by atoms with Crippen molar-refractivity contribution >= 4 is 0 Å². The predicted molar refractivity (Wildman–Crippen MR) is 88.6 cm³/mol. The van der Waals surface area contributed by atoms with E-state index in [2.05, 4.69) is 41.1 Å². The Balaban J connectivity index is 1.42. The van der Waals surface area contributed by atoms with Crippen molar-refractivity contribution in [3.8, 4) is 11.6 Å². The van der Waals surface area contributed by atoms with Gasteiger partial charge in [0.1, 0.15) is 6.61 Å². The molecule has 0 aliphatic carbocycles. The molecule has 2 aromatic rings. The average molecular weight is 310 g/mol. The summed E-state index contributed by atoms with van der Waals surface area (Å²) >= 11 is 0. The van der Waals surface area contributed by atoms with Gasteiger partial charge in [0.05, 0.1) is 0 Å². The standard InChI is InChI=1S/C19H22N2O2/c1-14-8-10-21(11-14)12-15-4-6-16(7-5-15)18-13-22-17-3-2-9-20-19(17)23-18/h2-7,9,14,18H,8,10-13H2,1H3/t14-,18+/m0/s1. The monoisotopic (exact) mass is 310 g/mol. The zero-order valence-electron chi connectivity index (χ0n) is 13.4. The van der Waals surface area contributed by atoms with Crippen LogP contribution in [0.2, 0.25) is 0 Å². The number of benzene rings is 1. The fourth-order valence-electron chi connectivity index (χ4n) is 3.34. The van der Waals surface area contributed by atoms with Gasteiger partial charge < -0.3 is 9.47 Å². The van der Waals surface area contributed by atoms with Gasteiger partial charge in [0.25, 0.3) is 5.88 Å². The molecule has 2 aliphatic heterocycles. The summed E-state index contributed by atoms with van der Waals surface area (Å²) in [4.78, 5) is 6.76. The van der Waals surface area contributed by atoms with Gasteiger partial charge in [-0.15, -0.1) is 0 Å². The van der Waals surface area contributed by atoms with Gasteiger partial charge in [0.2, 0.25) is 0 Å². The van der Waals surface area contributed by atoms with Crippen molar-refractivity contribution in [2.75, 3.05) is 19.7 Å². The second-order valence-electron chi connectivity index (χ2n) is 6.59. The van der Waals surface area contributed by atoms with Crippen LogP contribution >= 0.6 is 0 Å². The third-order valence-corrected chi connectivity index (χ3v) is 4.65. The number of fused-ring (bicyclic) bond motifs is 1. The summed E-state index contributed by atoms with van der Waals surface area (Å²) < 4.78 is 11.7. The second-order valence-corrected chi connectivity index (χ2v) is 6.59. The minimum absolute atomic E-state index is 0.0849. The molecule has 1 saturated heterocycles. The van der Waals surface area contributed by atoms with Crippen LogP contribution in [0.1, 0.15) is 30.6 Å². The van der Waals surface area contributed by atoms with Crippen LogP contribution in [0, 0.1) is 5.92 Å². The lowest BCUT2D eigenvalue weighted by atomic mass is 10.1. The van der Waals surface area contributed by atoms with E-state index in [1.807, 2.05) is 12.1 Å². The van der Waals surface area contributed by atoms with Crippen LogP contribution in [0.25, 0.3) is 0 Å². The molecule has 23 heavy (non-hydrogen) atoms. The Morgan fingerprint density at radius 1 is 1.22 bits per heavy atom. The predicted octanol–water partition coefficient (Wildman–Crippen LogP) is 3.44. The van der Waals surface area contributed by atoms with E-state index in [1.165, 1.54) is 25.1 Å². The van der Waals surface area contributed by atoms with Gasteiger partial charge in [-0.1, -0.05) is 31.2 Å². The highest BCUT2D eigenvalue weighted by molar-refractivity contribution is 5.35. The fraction of sp³-hybridized carbons (Fsp3) is 0.421. The molecule has 4 rings (SSSR count). The van der Waals surface area contributed by atoms with Crippen LogP contribution in [-0.4, -0.2) is 29.6 Å². The Hall–Kier alpha value is -2.07. The highest BCUT2D eigenvalue weighted by Crippen LogP contribution is 2.34. The Bertz CT molecular complexity index is 671. The van der Waals surface area contributed by atoms with Crippen LogP contribution in [-0.2, 0) is 6.54 Å². The van der Waals surface area contributed by atoms with E-state index in [1.54, 1.807) is 6.20 Å². The maximum absolute atomic E-state index is 5.96. The highest BCUT2D eigenvalue weighted by atomic mass is 16.6. The largest absolute Gasteiger partial charge is 0.484 e. The minimum atomic E-state index is -0.0849. The molecular formula is C19H22N2O2. The van der Waals surface area contributed by atoms with Gasteiger partial charge in [-0.05, 0) is 42.1 Å². The van der Waals surface area contributed by atoms with Gasteiger partial charge in [-0.2, -0.15) is 0 Å². The van der Waals surface area contributed by atoms with Crippen LogP contribution < -0.4 is 9.47 Å². The van der Waals surface area contributed by atoms with Crippen LogP contribution in [0.15, 0.2) is 42.6 Å². The molecule has 0 amide bonds. The van der Waals surface area contributed by atoms with Crippen LogP contribution in [0.5, 0.6) is 11.6 Å². The molecule has 0 N–H and O–H groups in total. The number of aromatic nitrogens is 1. The summed E-state index contributed by atoms with van der Waals surface area (Å²) in [5.74, 6) is 2.14. The molecule has 0 spiro atoms. The van der Waals surface area contributed by atoms with Crippen molar-refractivity contribution < 1.29 is 9.47 Å². The van der Waals surface area contributed by atoms with Gasteiger partial charge in [0, 0.05) is 19.3 Å². The van der Waals surface area contributed by atoms with Crippen molar-refractivity contribution in [2.24, 2.45) is 5.92 Å². The lowest BCUT2D eigenvalue weighted by molar-refractivity contribution is 0.0851. The molecule has 1 fully saturated rings. The molecule has 0 radical (unpaired) electrons. The minimum Gasteiger partial charge on any atom is -0.484 e. The van der Waals surface area contributed by atoms with Gasteiger partial charge >= 0.3 is 0 Å². The van der Waals surface area contributed by atoms with Crippen LogP contribution in [0.3, 0.4) is 0 Å². The number of pyridine rings is 1. The molecule has 120 valence electrons. The molecule has 0 bridgehead atoms. The van der Waals surface area contributed by atoms with E-state index < -0.39 is 0 Å². The summed E-state index contributed by atoms with van der Waals surface area (Å²) in [6.45, 7) is 6.32. The van der Waals surface area contributed by atoms with Crippen molar-refractivity contribution in [2.45, 2.75) is 26.0 Å². The maximum atomic E-state index is 5.96. The summed E-state index contributed by atoms with van der Waals surface area (Å²) in [5, 5.41) is 0. The number of rotatable bonds is 3. The molecule has 4 heteroatoms. The number of nitrogens with zero attached hydrogens (tertiary/aromatic N) is 2. The average Bonchev–Trinajstić information content (AvgIpc) is 3.00. The first-order valence-electron chi connectivity index (χ1n) is 8.33. The summed E-state index contributed by atoms with van der Waals surface area (Å²) in [7, 11) is 0. The zero-order chi connectivity index (χ0) is 15.6. The summed E-state index contributed by atoms with van der Waals surface area (Å²) in [6.07, 6.45) is 2.96. The van der Waals surface area contributed by atoms with Gasteiger partial charge in [0.15, 0.2) is 11.9 Å². The molecule has 3 heterocycles. The third-order valence-electron chi connectivity index (χ3n) is 4.65. The first-order valence-corrected chi connectivity index (χ1v) is 8.33. The second kappa shape index (κ2) is 6.20. The molecule has 1 aromatic heterocycles. The normalized spacial score (nSPS) is 23.9. The van der Waals surface area contributed by atoms with E-state index in [9.17, 15) is 0 Å². The molecule has 4 nitrogen and oxygen atoms in total. The molecule has 2 aliphatic rings. The molecule has 1 aromatic carbocycles. The summed E-state index contributed by atoms with van der Waals surface area (Å²) in [5.41, 5.74) is 2.50. The number of likely N-dealkylation sites (tertiary alicyclic amines) is 1. The molecule has 0 unspecified atom stereocenters. The van der Waals surface area contributed by atoms with Crippen molar-refractivity contribution in [3.05, 3.63) is 53.7 Å². The lowest BCUT2D eigenvalue weighted by Crippen LogP contribution is -2.22. The molecular weight excluding hydrogens is 288 g/mol. The third kappa shape index (κ3) is 3.17. The zero-order valence-corrected chi connectivity index (χ0v) is 13.4. The van der Waals surface area contributed by atoms with Crippen molar-refractivity contribution in [3.63, 3.8) is 0 Å².